The molecule has 0 aliphatic carbocycles. The van der Waals surface area contributed by atoms with Gasteiger partial charge in [-0.15, -0.1) is 0 Å². The Morgan fingerprint density at radius 1 is 1.05 bits per heavy atom. The van der Waals surface area contributed by atoms with E-state index in [1.165, 1.54) is 16.7 Å². The highest BCUT2D eigenvalue weighted by Gasteiger charge is 2.26. The molecule has 1 aromatic rings. The van der Waals surface area contributed by atoms with Crippen LogP contribution < -0.4 is 5.73 Å². The minimum Gasteiger partial charge on any atom is -0.376 e. The summed E-state index contributed by atoms with van der Waals surface area (Å²) in [6.45, 7) is 10.8. The van der Waals surface area contributed by atoms with E-state index in [-0.39, 0.29) is 12.1 Å². The number of ether oxygens (including phenoxy) is 2. The van der Waals surface area contributed by atoms with Gasteiger partial charge in [0.15, 0.2) is 0 Å². The Labute approximate surface area is 122 Å². The maximum atomic E-state index is 6.43. The summed E-state index contributed by atoms with van der Waals surface area (Å²) >= 11 is 0. The first-order valence-electron chi connectivity index (χ1n) is 7.59. The predicted octanol–water partition coefficient (Wildman–Crippen LogP) is 3.35. The maximum Gasteiger partial charge on any atom is 0.100 e. The average Bonchev–Trinajstić information content (AvgIpc) is 2.46. The summed E-state index contributed by atoms with van der Waals surface area (Å²) in [6.07, 6.45) is -0.0360. The van der Waals surface area contributed by atoms with Crippen LogP contribution in [-0.2, 0) is 9.47 Å². The van der Waals surface area contributed by atoms with Crippen molar-refractivity contribution in [1.82, 2.24) is 0 Å². The molecule has 1 aliphatic heterocycles. The fourth-order valence-corrected chi connectivity index (χ4v) is 2.67. The van der Waals surface area contributed by atoms with E-state index in [0.717, 1.165) is 0 Å². The van der Waals surface area contributed by atoms with E-state index < -0.39 is 0 Å². The van der Waals surface area contributed by atoms with Gasteiger partial charge in [0.25, 0.3) is 0 Å². The lowest BCUT2D eigenvalue weighted by Gasteiger charge is -2.30. The molecule has 0 spiro atoms. The highest BCUT2D eigenvalue weighted by atomic mass is 16.6. The Hall–Kier alpha value is -0.900. The van der Waals surface area contributed by atoms with Crippen LogP contribution >= 0.6 is 0 Å². The Bertz CT molecular complexity index is 437. The van der Waals surface area contributed by atoms with Gasteiger partial charge in [-0.2, -0.15) is 0 Å². The molecule has 2 atom stereocenters. The predicted molar refractivity (Wildman–Crippen MR) is 82.1 cm³/mol. The largest absolute Gasteiger partial charge is 0.376 e. The van der Waals surface area contributed by atoms with Gasteiger partial charge >= 0.3 is 0 Å². The summed E-state index contributed by atoms with van der Waals surface area (Å²) in [4.78, 5) is 0. The lowest BCUT2D eigenvalue weighted by Crippen LogP contribution is -2.38. The van der Waals surface area contributed by atoms with Crippen LogP contribution in [0.1, 0.15) is 62.3 Å². The Balaban J connectivity index is 2.29. The van der Waals surface area contributed by atoms with Gasteiger partial charge in [0.05, 0.1) is 25.9 Å². The van der Waals surface area contributed by atoms with Crippen LogP contribution in [0.2, 0.25) is 0 Å². The van der Waals surface area contributed by atoms with Gasteiger partial charge in [-0.1, -0.05) is 45.9 Å². The molecule has 0 bridgehead atoms. The van der Waals surface area contributed by atoms with E-state index in [2.05, 4.69) is 45.9 Å². The number of rotatable bonds is 4. The first kappa shape index (κ1) is 15.5. The minimum atomic E-state index is -0.117. The van der Waals surface area contributed by atoms with Crippen molar-refractivity contribution >= 4 is 0 Å². The van der Waals surface area contributed by atoms with Crippen LogP contribution in [0.4, 0.5) is 0 Å². The number of benzene rings is 1. The van der Waals surface area contributed by atoms with E-state index >= 15 is 0 Å². The van der Waals surface area contributed by atoms with E-state index in [1.54, 1.807) is 0 Å². The molecule has 3 heteroatoms. The maximum absolute atomic E-state index is 6.43. The second kappa shape index (κ2) is 6.70. The molecule has 1 aliphatic rings. The van der Waals surface area contributed by atoms with Gasteiger partial charge in [0.2, 0.25) is 0 Å². The first-order valence-corrected chi connectivity index (χ1v) is 7.59. The summed E-state index contributed by atoms with van der Waals surface area (Å²) < 4.78 is 11.2. The first-order chi connectivity index (χ1) is 9.50. The number of nitrogens with two attached hydrogens (primary N) is 1. The molecule has 0 aromatic heterocycles. The Morgan fingerprint density at radius 2 is 1.80 bits per heavy atom. The topological polar surface area (TPSA) is 44.5 Å². The molecule has 3 nitrogen and oxygen atoms in total. The van der Waals surface area contributed by atoms with Crippen LogP contribution in [0.5, 0.6) is 0 Å². The zero-order valence-corrected chi connectivity index (χ0v) is 13.1. The molecule has 2 rings (SSSR count). The van der Waals surface area contributed by atoms with Gasteiger partial charge < -0.3 is 15.2 Å². The van der Waals surface area contributed by atoms with Crippen molar-refractivity contribution < 1.29 is 9.47 Å². The molecule has 112 valence electrons. The number of hydrogen-bond donors (Lipinski definition) is 1. The third-order valence-corrected chi connectivity index (χ3v) is 4.00. The SMILES string of the molecule is CC(C)c1ccc(C(N)C2COCCO2)c(C(C)C)c1. The molecule has 1 heterocycles. The van der Waals surface area contributed by atoms with E-state index in [0.29, 0.717) is 31.7 Å². The van der Waals surface area contributed by atoms with Crippen LogP contribution in [0.25, 0.3) is 0 Å². The van der Waals surface area contributed by atoms with E-state index in [9.17, 15) is 0 Å². The van der Waals surface area contributed by atoms with Crippen LogP contribution in [-0.4, -0.2) is 25.9 Å². The fourth-order valence-electron chi connectivity index (χ4n) is 2.67. The third-order valence-electron chi connectivity index (χ3n) is 4.00. The number of hydrogen-bond acceptors (Lipinski definition) is 3. The lowest BCUT2D eigenvalue weighted by atomic mass is 9.87. The van der Waals surface area contributed by atoms with Crippen LogP contribution in [0.15, 0.2) is 18.2 Å². The Kier molecular flexibility index (Phi) is 5.19. The van der Waals surface area contributed by atoms with Crippen LogP contribution in [0.3, 0.4) is 0 Å². The van der Waals surface area contributed by atoms with Gasteiger partial charge in [-0.25, -0.2) is 0 Å². The zero-order chi connectivity index (χ0) is 14.7. The van der Waals surface area contributed by atoms with E-state index in [1.807, 2.05) is 0 Å². The molecule has 2 unspecified atom stereocenters. The summed E-state index contributed by atoms with van der Waals surface area (Å²) in [5.74, 6) is 0.992. The van der Waals surface area contributed by atoms with Crippen molar-refractivity contribution in [3.63, 3.8) is 0 Å². The smallest absolute Gasteiger partial charge is 0.100 e. The summed E-state index contributed by atoms with van der Waals surface area (Å²) in [5, 5.41) is 0. The molecular formula is C17H27NO2. The second-order valence-corrected chi connectivity index (χ2v) is 6.21. The Morgan fingerprint density at radius 3 is 2.35 bits per heavy atom. The summed E-state index contributed by atoms with van der Waals surface area (Å²) in [5.41, 5.74) is 10.3. The normalized spacial score (nSPS) is 21.4. The lowest BCUT2D eigenvalue weighted by molar-refractivity contribution is -0.0976. The molecule has 2 N–H and O–H groups in total. The molecule has 20 heavy (non-hydrogen) atoms. The summed E-state index contributed by atoms with van der Waals surface area (Å²) in [6, 6.07) is 6.55. The van der Waals surface area contributed by atoms with Crippen molar-refractivity contribution in [2.45, 2.75) is 51.7 Å². The van der Waals surface area contributed by atoms with Crippen LogP contribution in [0, 0.1) is 0 Å². The third kappa shape index (κ3) is 3.40. The van der Waals surface area contributed by atoms with Gasteiger partial charge in [0.1, 0.15) is 6.10 Å². The molecular weight excluding hydrogens is 250 g/mol. The zero-order valence-electron chi connectivity index (χ0n) is 13.1. The quantitative estimate of drug-likeness (QED) is 0.918. The molecule has 0 amide bonds. The van der Waals surface area contributed by atoms with Crippen molar-refractivity contribution in [2.75, 3.05) is 19.8 Å². The second-order valence-electron chi connectivity index (χ2n) is 6.21. The minimum absolute atomic E-state index is 0.0360. The highest BCUT2D eigenvalue weighted by Crippen LogP contribution is 2.30. The van der Waals surface area contributed by atoms with E-state index in [4.69, 9.17) is 15.2 Å². The van der Waals surface area contributed by atoms with Gasteiger partial charge in [-0.3, -0.25) is 0 Å². The van der Waals surface area contributed by atoms with Gasteiger partial charge in [0, 0.05) is 0 Å². The average molecular weight is 277 g/mol. The molecule has 0 saturated carbocycles. The van der Waals surface area contributed by atoms with Gasteiger partial charge in [-0.05, 0) is 28.5 Å². The highest BCUT2D eigenvalue weighted by molar-refractivity contribution is 5.38. The summed E-state index contributed by atoms with van der Waals surface area (Å²) in [7, 11) is 0. The monoisotopic (exact) mass is 277 g/mol. The van der Waals surface area contributed by atoms with Crippen molar-refractivity contribution in [1.29, 1.82) is 0 Å². The molecule has 1 fully saturated rings. The fraction of sp³-hybridized carbons (Fsp3) is 0.647. The molecule has 1 saturated heterocycles. The molecule has 1 aromatic carbocycles. The van der Waals surface area contributed by atoms with Crippen molar-refractivity contribution in [2.24, 2.45) is 5.73 Å². The van der Waals surface area contributed by atoms with Crippen molar-refractivity contribution in [3.8, 4) is 0 Å². The van der Waals surface area contributed by atoms with Crippen molar-refractivity contribution in [3.05, 3.63) is 34.9 Å². The molecule has 0 radical (unpaired) electrons. The standard InChI is InChI=1S/C17H27NO2/c1-11(2)13-5-6-14(15(9-13)12(3)4)17(18)16-10-19-7-8-20-16/h5-6,9,11-12,16-17H,7-8,10,18H2,1-4H3.